The number of carbonyl (C=O) groups is 3. The molecule has 2 amide bonds. The van der Waals surface area contributed by atoms with Crippen molar-refractivity contribution in [3.05, 3.63) is 82.6 Å². The van der Waals surface area contributed by atoms with E-state index in [0.29, 0.717) is 27.7 Å². The molecule has 1 unspecified atom stereocenters. The maximum atomic E-state index is 12.7. The summed E-state index contributed by atoms with van der Waals surface area (Å²) in [5.41, 5.74) is 3.67. The molecule has 0 aliphatic carbocycles. The van der Waals surface area contributed by atoms with Crippen molar-refractivity contribution in [3.8, 4) is 11.3 Å². The van der Waals surface area contributed by atoms with Crippen molar-refractivity contribution in [2.45, 2.75) is 26.8 Å². The first-order valence-corrected chi connectivity index (χ1v) is 11.4. The highest BCUT2D eigenvalue weighted by Crippen LogP contribution is 2.26. The molecule has 1 atom stereocenters. The molecule has 0 saturated heterocycles. The lowest BCUT2D eigenvalue weighted by Crippen LogP contribution is -2.48. The molecule has 9 heteroatoms. The van der Waals surface area contributed by atoms with E-state index in [4.69, 9.17) is 20.8 Å². The van der Waals surface area contributed by atoms with E-state index >= 15 is 0 Å². The van der Waals surface area contributed by atoms with E-state index in [-0.39, 0.29) is 18.1 Å². The molecule has 0 radical (unpaired) electrons. The zero-order valence-electron chi connectivity index (χ0n) is 19.6. The third-order valence-electron chi connectivity index (χ3n) is 5.04. The van der Waals surface area contributed by atoms with Crippen LogP contribution in [0.25, 0.3) is 11.3 Å². The second-order valence-corrected chi connectivity index (χ2v) is 8.28. The average Bonchev–Trinajstić information content (AvgIpc) is 3.31. The molecule has 0 bridgehead atoms. The average molecular weight is 496 g/mol. The Morgan fingerprint density at radius 3 is 2.40 bits per heavy atom. The zero-order chi connectivity index (χ0) is 25.4. The summed E-state index contributed by atoms with van der Waals surface area (Å²) in [6, 6.07) is 16.1. The van der Waals surface area contributed by atoms with Gasteiger partial charge in [0.1, 0.15) is 17.6 Å². The van der Waals surface area contributed by atoms with Gasteiger partial charge in [0.05, 0.1) is 29.0 Å². The number of esters is 1. The highest BCUT2D eigenvalue weighted by atomic mass is 35.5. The molecule has 3 aromatic rings. The van der Waals surface area contributed by atoms with E-state index in [1.807, 2.05) is 0 Å². The number of carbonyl (C=O) groups excluding carboxylic acids is 3. The molecule has 35 heavy (non-hydrogen) atoms. The smallest absolute Gasteiger partial charge is 0.338 e. The van der Waals surface area contributed by atoms with Crippen LogP contribution in [0.1, 0.15) is 47.2 Å². The van der Waals surface area contributed by atoms with Gasteiger partial charge in [0.25, 0.3) is 11.8 Å². The third-order valence-corrected chi connectivity index (χ3v) is 5.36. The predicted octanol–water partition coefficient (Wildman–Crippen LogP) is 4.68. The number of nitrogens with one attached hydrogen (secondary N) is 2. The highest BCUT2D eigenvalue weighted by molar-refractivity contribution is 6.33. The van der Waals surface area contributed by atoms with Gasteiger partial charge in [-0.05, 0) is 43.2 Å². The summed E-state index contributed by atoms with van der Waals surface area (Å²) in [5.74, 6) is -0.777. The Bertz CT molecular complexity index is 1230. The van der Waals surface area contributed by atoms with Gasteiger partial charge in [-0.15, -0.1) is 0 Å². The van der Waals surface area contributed by atoms with Gasteiger partial charge in [0, 0.05) is 5.56 Å². The number of hydrogen-bond acceptors (Lipinski definition) is 6. The Morgan fingerprint density at radius 1 is 1.03 bits per heavy atom. The number of amides is 2. The molecule has 8 nitrogen and oxygen atoms in total. The summed E-state index contributed by atoms with van der Waals surface area (Å²) in [4.78, 5) is 37.5. The van der Waals surface area contributed by atoms with Crippen LogP contribution in [0.5, 0.6) is 0 Å². The Hall–Kier alpha value is -3.91. The van der Waals surface area contributed by atoms with E-state index < -0.39 is 23.8 Å². The van der Waals surface area contributed by atoms with Gasteiger partial charge >= 0.3 is 5.97 Å². The molecule has 1 heterocycles. The first kappa shape index (κ1) is 25.7. The molecule has 2 N–H and O–H groups in total. The SMILES string of the molecule is CCOC(=O)c1ccccc1-c1ccc(/C=N\NC(=O)C(NC(=O)c2ccccc2Cl)C(C)C)o1. The Balaban J connectivity index is 1.67. The molecule has 182 valence electrons. The summed E-state index contributed by atoms with van der Waals surface area (Å²) >= 11 is 6.08. The van der Waals surface area contributed by atoms with Crippen LogP contribution in [0.2, 0.25) is 5.02 Å². The van der Waals surface area contributed by atoms with Crippen LogP contribution in [0, 0.1) is 5.92 Å². The maximum absolute atomic E-state index is 12.7. The van der Waals surface area contributed by atoms with Crippen molar-refractivity contribution in [2.24, 2.45) is 11.0 Å². The second-order valence-electron chi connectivity index (χ2n) is 7.88. The van der Waals surface area contributed by atoms with Gasteiger partial charge in [0.15, 0.2) is 0 Å². The van der Waals surface area contributed by atoms with E-state index in [0.717, 1.165) is 0 Å². The number of benzene rings is 2. The number of furan rings is 1. The molecule has 3 rings (SSSR count). The first-order chi connectivity index (χ1) is 16.8. The van der Waals surface area contributed by atoms with Crippen molar-refractivity contribution in [2.75, 3.05) is 6.61 Å². The number of nitrogens with zero attached hydrogens (tertiary/aromatic N) is 1. The predicted molar refractivity (Wildman–Crippen MR) is 133 cm³/mol. The van der Waals surface area contributed by atoms with Crippen LogP contribution in [-0.4, -0.2) is 36.6 Å². The van der Waals surface area contributed by atoms with Crippen LogP contribution in [0.4, 0.5) is 0 Å². The second kappa shape index (κ2) is 12.0. The van der Waals surface area contributed by atoms with Crippen LogP contribution in [0.3, 0.4) is 0 Å². The number of hydrazone groups is 1. The van der Waals surface area contributed by atoms with Gasteiger partial charge in [0.2, 0.25) is 0 Å². The Labute approximate surface area is 208 Å². The minimum atomic E-state index is -0.834. The monoisotopic (exact) mass is 495 g/mol. The van der Waals surface area contributed by atoms with Crippen LogP contribution in [0.15, 0.2) is 70.2 Å². The molecule has 0 saturated carbocycles. The molecular weight excluding hydrogens is 470 g/mol. The van der Waals surface area contributed by atoms with Crippen LogP contribution in [-0.2, 0) is 9.53 Å². The number of halogens is 1. The number of rotatable bonds is 9. The van der Waals surface area contributed by atoms with Gasteiger partial charge in [-0.1, -0.05) is 55.8 Å². The van der Waals surface area contributed by atoms with Crippen molar-refractivity contribution in [1.82, 2.24) is 10.7 Å². The van der Waals surface area contributed by atoms with Gasteiger partial charge in [-0.2, -0.15) is 5.10 Å². The fourth-order valence-electron chi connectivity index (χ4n) is 3.28. The van der Waals surface area contributed by atoms with Gasteiger partial charge < -0.3 is 14.5 Å². The van der Waals surface area contributed by atoms with E-state index in [9.17, 15) is 14.4 Å². The summed E-state index contributed by atoms with van der Waals surface area (Å²) < 4.78 is 10.9. The summed E-state index contributed by atoms with van der Waals surface area (Å²) in [6.07, 6.45) is 1.33. The fraction of sp³-hybridized carbons (Fsp3) is 0.231. The van der Waals surface area contributed by atoms with E-state index in [2.05, 4.69) is 15.8 Å². The van der Waals surface area contributed by atoms with Crippen LogP contribution < -0.4 is 10.7 Å². The normalized spacial score (nSPS) is 11.9. The fourth-order valence-corrected chi connectivity index (χ4v) is 3.50. The highest BCUT2D eigenvalue weighted by Gasteiger charge is 2.25. The lowest BCUT2D eigenvalue weighted by atomic mass is 10.0. The van der Waals surface area contributed by atoms with Crippen molar-refractivity contribution in [1.29, 1.82) is 0 Å². The largest absolute Gasteiger partial charge is 0.462 e. The Kier molecular flexibility index (Phi) is 8.80. The summed E-state index contributed by atoms with van der Waals surface area (Å²) in [5, 5.41) is 6.94. The standard InChI is InChI=1S/C26H26ClN3O5/c1-4-34-26(33)19-10-6-5-9-18(19)22-14-13-17(35-22)15-28-30-25(32)23(16(2)3)29-24(31)20-11-7-8-12-21(20)27/h5-16,23H,4H2,1-3H3,(H,29,31)(H,30,32)/b28-15-. The number of ether oxygens (including phenoxy) is 1. The Morgan fingerprint density at radius 2 is 1.71 bits per heavy atom. The van der Waals surface area contributed by atoms with Crippen molar-refractivity contribution >= 4 is 35.6 Å². The first-order valence-electron chi connectivity index (χ1n) is 11.1. The number of hydrogen-bond donors (Lipinski definition) is 2. The molecule has 2 aromatic carbocycles. The lowest BCUT2D eigenvalue weighted by molar-refractivity contribution is -0.123. The maximum Gasteiger partial charge on any atom is 0.338 e. The molecule has 0 fully saturated rings. The molecule has 0 spiro atoms. The molecule has 0 aliphatic rings. The van der Waals surface area contributed by atoms with Crippen LogP contribution >= 0.6 is 11.6 Å². The third kappa shape index (κ3) is 6.58. The van der Waals surface area contributed by atoms with Crippen molar-refractivity contribution in [3.63, 3.8) is 0 Å². The van der Waals surface area contributed by atoms with E-state index in [1.54, 1.807) is 81.4 Å². The lowest BCUT2D eigenvalue weighted by Gasteiger charge is -2.20. The van der Waals surface area contributed by atoms with Crippen molar-refractivity contribution < 1.29 is 23.5 Å². The summed E-state index contributed by atoms with van der Waals surface area (Å²) in [6.45, 7) is 5.61. The topological polar surface area (TPSA) is 110 Å². The minimum Gasteiger partial charge on any atom is -0.462 e. The van der Waals surface area contributed by atoms with Gasteiger partial charge in [-0.3, -0.25) is 9.59 Å². The quantitative estimate of drug-likeness (QED) is 0.254. The molecule has 0 aliphatic heterocycles. The van der Waals surface area contributed by atoms with Gasteiger partial charge in [-0.25, -0.2) is 10.2 Å². The minimum absolute atomic E-state index is 0.203. The summed E-state index contributed by atoms with van der Waals surface area (Å²) in [7, 11) is 0. The zero-order valence-corrected chi connectivity index (χ0v) is 20.3. The molecule has 1 aromatic heterocycles. The molecular formula is C26H26ClN3O5. The van der Waals surface area contributed by atoms with E-state index in [1.165, 1.54) is 6.21 Å².